The fourth-order valence-electron chi connectivity index (χ4n) is 2.82. The monoisotopic (exact) mass is 308 g/mol. The fourth-order valence-corrected chi connectivity index (χ4v) is 3.54. The van der Waals surface area contributed by atoms with E-state index >= 15 is 0 Å². The highest BCUT2D eigenvalue weighted by Crippen LogP contribution is 2.38. The Bertz CT molecular complexity index is 687. The van der Waals surface area contributed by atoms with E-state index in [0.29, 0.717) is 5.92 Å². The van der Waals surface area contributed by atoms with Crippen molar-refractivity contribution in [2.75, 3.05) is 5.75 Å². The molecule has 0 bridgehead atoms. The molecule has 0 aliphatic heterocycles. The predicted molar refractivity (Wildman–Crippen MR) is 81.5 cm³/mol. The maximum Gasteiger partial charge on any atom is 0.313 e. The van der Waals surface area contributed by atoms with Crippen molar-refractivity contribution in [2.45, 2.75) is 38.4 Å². The summed E-state index contributed by atoms with van der Waals surface area (Å²) in [6.07, 6.45) is 2.61. The van der Waals surface area contributed by atoms with Crippen LogP contribution in [-0.2, 0) is 18.4 Å². The lowest BCUT2D eigenvalue weighted by molar-refractivity contribution is -0.133. The molecule has 0 amide bonds. The molecule has 6 nitrogen and oxygen atoms in total. The van der Waals surface area contributed by atoms with Gasteiger partial charge in [0.15, 0.2) is 10.8 Å². The third-order valence-corrected chi connectivity index (χ3v) is 5.04. The van der Waals surface area contributed by atoms with Crippen LogP contribution >= 0.6 is 11.8 Å². The lowest BCUT2D eigenvalue weighted by Crippen LogP contribution is -2.13. The van der Waals surface area contributed by atoms with Crippen LogP contribution in [0.5, 0.6) is 0 Å². The molecular formula is C14H20N4O2S. The number of hydrogen-bond donors (Lipinski definition) is 1. The summed E-state index contributed by atoms with van der Waals surface area (Å²) in [4.78, 5) is 15.5. The van der Waals surface area contributed by atoms with Crippen LogP contribution in [0.3, 0.4) is 0 Å². The van der Waals surface area contributed by atoms with Crippen LogP contribution in [0.1, 0.15) is 25.5 Å². The van der Waals surface area contributed by atoms with Crippen LogP contribution in [-0.4, -0.2) is 36.2 Å². The van der Waals surface area contributed by atoms with Crippen LogP contribution in [0.4, 0.5) is 0 Å². The highest BCUT2D eigenvalue weighted by Gasteiger charge is 2.29. The van der Waals surface area contributed by atoms with Gasteiger partial charge in [-0.15, -0.1) is 0 Å². The average molecular weight is 308 g/mol. The number of imidazole rings is 1. The van der Waals surface area contributed by atoms with Crippen LogP contribution in [0.25, 0.3) is 11.2 Å². The average Bonchev–Trinajstić information content (AvgIpc) is 3.14. The van der Waals surface area contributed by atoms with E-state index in [4.69, 9.17) is 5.11 Å². The first-order chi connectivity index (χ1) is 9.97. The molecule has 2 aromatic rings. The summed E-state index contributed by atoms with van der Waals surface area (Å²) in [7, 11) is 1.92. The number of carbonyl (C=O) groups is 1. The SMILES string of the molecule is Cc1nn(C)c2c1nc(SCC(=O)O)n2CC(C)C1CC1. The molecule has 2 aromatic heterocycles. The van der Waals surface area contributed by atoms with Crippen LogP contribution in [0.15, 0.2) is 5.16 Å². The van der Waals surface area contributed by atoms with Gasteiger partial charge in [-0.1, -0.05) is 18.7 Å². The summed E-state index contributed by atoms with van der Waals surface area (Å²) in [6.45, 7) is 5.08. The van der Waals surface area contributed by atoms with Gasteiger partial charge in [-0.3, -0.25) is 9.48 Å². The minimum absolute atomic E-state index is 0.0353. The highest BCUT2D eigenvalue weighted by atomic mass is 32.2. The molecular weight excluding hydrogens is 288 g/mol. The highest BCUT2D eigenvalue weighted by molar-refractivity contribution is 7.99. The van der Waals surface area contributed by atoms with Crippen LogP contribution in [0.2, 0.25) is 0 Å². The Morgan fingerprint density at radius 2 is 2.24 bits per heavy atom. The van der Waals surface area contributed by atoms with Gasteiger partial charge in [-0.2, -0.15) is 5.10 Å². The van der Waals surface area contributed by atoms with Gasteiger partial charge in [-0.25, -0.2) is 4.98 Å². The first-order valence-electron chi connectivity index (χ1n) is 7.21. The zero-order valence-corrected chi connectivity index (χ0v) is 13.4. The molecule has 1 atom stereocenters. The number of aryl methyl sites for hydroxylation is 2. The van der Waals surface area contributed by atoms with E-state index in [9.17, 15) is 4.79 Å². The van der Waals surface area contributed by atoms with Gasteiger partial charge in [-0.05, 0) is 31.6 Å². The molecule has 0 radical (unpaired) electrons. The Morgan fingerprint density at radius 1 is 1.52 bits per heavy atom. The van der Waals surface area contributed by atoms with Crippen molar-refractivity contribution < 1.29 is 9.90 Å². The number of aliphatic carboxylic acids is 1. The minimum Gasteiger partial charge on any atom is -0.481 e. The van der Waals surface area contributed by atoms with Gasteiger partial charge >= 0.3 is 5.97 Å². The number of thioether (sulfide) groups is 1. The Balaban J connectivity index is 1.98. The number of aromatic nitrogens is 4. The molecule has 7 heteroatoms. The number of carboxylic acid groups (broad SMARTS) is 1. The van der Waals surface area contributed by atoms with Gasteiger partial charge in [0.05, 0.1) is 11.4 Å². The zero-order chi connectivity index (χ0) is 15.1. The molecule has 3 rings (SSSR count). The van der Waals surface area contributed by atoms with E-state index in [0.717, 1.165) is 34.5 Å². The summed E-state index contributed by atoms with van der Waals surface area (Å²) < 4.78 is 3.99. The first-order valence-corrected chi connectivity index (χ1v) is 8.20. The molecule has 1 aliphatic rings. The quantitative estimate of drug-likeness (QED) is 0.829. The van der Waals surface area contributed by atoms with Gasteiger partial charge in [0.1, 0.15) is 5.52 Å². The minimum atomic E-state index is -0.816. The van der Waals surface area contributed by atoms with Crippen LogP contribution < -0.4 is 0 Å². The lowest BCUT2D eigenvalue weighted by Gasteiger charge is -2.14. The van der Waals surface area contributed by atoms with Crippen molar-refractivity contribution in [1.82, 2.24) is 19.3 Å². The van der Waals surface area contributed by atoms with E-state index in [-0.39, 0.29) is 5.75 Å². The Morgan fingerprint density at radius 3 is 2.86 bits per heavy atom. The standard InChI is InChI=1S/C14H20N4O2S/c1-8(10-4-5-10)6-18-13-12(9(2)16-17(13)3)15-14(18)21-7-11(19)20/h8,10H,4-7H2,1-3H3,(H,19,20). The number of fused-ring (bicyclic) bond motifs is 1. The van der Waals surface area contributed by atoms with Crippen molar-refractivity contribution in [3.8, 4) is 0 Å². The molecule has 21 heavy (non-hydrogen) atoms. The third-order valence-electron chi connectivity index (χ3n) is 4.08. The maximum absolute atomic E-state index is 10.8. The zero-order valence-electron chi connectivity index (χ0n) is 12.5. The second kappa shape index (κ2) is 5.36. The number of nitrogens with zero attached hydrogens (tertiary/aromatic N) is 4. The van der Waals surface area contributed by atoms with E-state index in [1.165, 1.54) is 24.6 Å². The molecule has 0 saturated heterocycles. The van der Waals surface area contributed by atoms with E-state index in [1.54, 1.807) is 0 Å². The molecule has 2 heterocycles. The van der Waals surface area contributed by atoms with E-state index in [1.807, 2.05) is 18.7 Å². The number of hydrogen-bond acceptors (Lipinski definition) is 4. The number of carboxylic acids is 1. The molecule has 1 fully saturated rings. The third kappa shape index (κ3) is 2.79. The Labute approximate surface area is 127 Å². The van der Waals surface area contributed by atoms with Crippen LogP contribution in [0, 0.1) is 18.8 Å². The summed E-state index contributed by atoms with van der Waals surface area (Å²) in [5, 5.41) is 14.1. The molecule has 0 spiro atoms. The van der Waals surface area contributed by atoms with Gasteiger partial charge < -0.3 is 9.67 Å². The van der Waals surface area contributed by atoms with Gasteiger partial charge in [0.25, 0.3) is 0 Å². The van der Waals surface area contributed by atoms with Crippen molar-refractivity contribution in [2.24, 2.45) is 18.9 Å². The summed E-state index contributed by atoms with van der Waals surface area (Å²) in [5.41, 5.74) is 2.77. The van der Waals surface area contributed by atoms with Gasteiger partial charge in [0.2, 0.25) is 0 Å². The molecule has 114 valence electrons. The molecule has 1 aliphatic carbocycles. The second-order valence-corrected chi connectivity index (χ2v) is 6.83. The predicted octanol–water partition coefficient (Wildman–Crippen LogP) is 2.30. The lowest BCUT2D eigenvalue weighted by atomic mass is 10.1. The molecule has 1 N–H and O–H groups in total. The Kier molecular flexibility index (Phi) is 3.69. The van der Waals surface area contributed by atoms with Gasteiger partial charge in [0, 0.05) is 13.6 Å². The van der Waals surface area contributed by atoms with Crippen molar-refractivity contribution in [3.63, 3.8) is 0 Å². The number of rotatable bonds is 6. The topological polar surface area (TPSA) is 72.9 Å². The smallest absolute Gasteiger partial charge is 0.313 e. The second-order valence-electron chi connectivity index (χ2n) is 5.88. The summed E-state index contributed by atoms with van der Waals surface area (Å²) in [6, 6.07) is 0. The Hall–Kier alpha value is -1.50. The molecule has 1 unspecified atom stereocenters. The molecule has 1 saturated carbocycles. The van der Waals surface area contributed by atoms with E-state index < -0.39 is 5.97 Å². The first kappa shape index (κ1) is 14.4. The maximum atomic E-state index is 10.8. The van der Waals surface area contributed by atoms with Crippen molar-refractivity contribution >= 4 is 28.9 Å². The molecule has 0 aromatic carbocycles. The summed E-state index contributed by atoms with van der Waals surface area (Å²) >= 11 is 1.29. The van der Waals surface area contributed by atoms with Crippen molar-refractivity contribution in [3.05, 3.63) is 5.69 Å². The summed E-state index contributed by atoms with van der Waals surface area (Å²) in [5.74, 6) is 0.604. The largest absolute Gasteiger partial charge is 0.481 e. The fraction of sp³-hybridized carbons (Fsp3) is 0.643. The van der Waals surface area contributed by atoms with Crippen molar-refractivity contribution in [1.29, 1.82) is 0 Å². The normalized spacial score (nSPS) is 16.5. The van der Waals surface area contributed by atoms with E-state index in [2.05, 4.69) is 21.6 Å².